The van der Waals surface area contributed by atoms with E-state index in [0.29, 0.717) is 5.92 Å². The monoisotopic (exact) mass is 304 g/mol. The fourth-order valence-corrected chi connectivity index (χ4v) is 3.28. The molecule has 1 aromatic heterocycles. The van der Waals surface area contributed by atoms with Crippen molar-refractivity contribution in [1.29, 1.82) is 0 Å². The van der Waals surface area contributed by atoms with Gasteiger partial charge < -0.3 is 0 Å². The Morgan fingerprint density at radius 1 is 0.870 bits per heavy atom. The van der Waals surface area contributed by atoms with Crippen molar-refractivity contribution in [2.45, 2.75) is 40.5 Å². The molecule has 2 aromatic carbocycles. The first kappa shape index (κ1) is 15.7. The number of aryl methyl sites for hydroxylation is 3. The van der Waals surface area contributed by atoms with Crippen LogP contribution in [0, 0.1) is 20.8 Å². The van der Waals surface area contributed by atoms with Crippen molar-refractivity contribution in [2.75, 3.05) is 0 Å². The zero-order valence-electron chi connectivity index (χ0n) is 15.1. The van der Waals surface area contributed by atoms with Crippen molar-refractivity contribution < 1.29 is 4.57 Å². The number of benzene rings is 2. The van der Waals surface area contributed by atoms with Crippen LogP contribution < -0.4 is 4.57 Å². The second-order valence-corrected chi connectivity index (χ2v) is 7.01. The van der Waals surface area contributed by atoms with Crippen LogP contribution in [0.3, 0.4) is 0 Å². The van der Waals surface area contributed by atoms with Crippen molar-refractivity contribution in [3.8, 4) is 11.3 Å². The molecule has 0 aliphatic heterocycles. The van der Waals surface area contributed by atoms with Gasteiger partial charge in [-0.05, 0) is 48.4 Å². The molecule has 0 unspecified atom stereocenters. The fraction of sp³-hybridized carbons (Fsp3) is 0.318. The van der Waals surface area contributed by atoms with Crippen LogP contribution in [0.15, 0.2) is 42.5 Å². The maximum atomic E-state index is 2.37. The number of hydrogen-bond acceptors (Lipinski definition) is 0. The molecule has 3 aromatic rings. The van der Waals surface area contributed by atoms with Crippen LogP contribution in [0.2, 0.25) is 0 Å². The van der Waals surface area contributed by atoms with Gasteiger partial charge >= 0.3 is 0 Å². The Bertz CT molecular complexity index is 888. The van der Waals surface area contributed by atoms with E-state index in [2.05, 4.69) is 88.7 Å². The smallest absolute Gasteiger partial charge is 0.198 e. The van der Waals surface area contributed by atoms with Crippen LogP contribution in [0.4, 0.5) is 0 Å². The molecule has 0 atom stereocenters. The molecule has 0 aliphatic rings. The summed E-state index contributed by atoms with van der Waals surface area (Å²) in [6.07, 6.45) is 0. The normalized spacial score (nSPS) is 11.4. The molecule has 118 valence electrons. The van der Waals surface area contributed by atoms with Gasteiger partial charge in [0.2, 0.25) is 5.69 Å². The highest BCUT2D eigenvalue weighted by molar-refractivity contribution is 5.94. The third kappa shape index (κ3) is 2.76. The second kappa shape index (κ2) is 5.81. The van der Waals surface area contributed by atoms with Crippen LogP contribution in [0.5, 0.6) is 0 Å². The largest absolute Gasteiger partial charge is 0.220 e. The maximum absolute atomic E-state index is 2.37. The van der Waals surface area contributed by atoms with E-state index in [9.17, 15) is 0 Å². The summed E-state index contributed by atoms with van der Waals surface area (Å²) >= 11 is 0. The maximum Gasteiger partial charge on any atom is 0.220 e. The van der Waals surface area contributed by atoms with Crippen molar-refractivity contribution in [3.63, 3.8) is 0 Å². The van der Waals surface area contributed by atoms with Crippen LogP contribution in [0.25, 0.3) is 22.0 Å². The van der Waals surface area contributed by atoms with Gasteiger partial charge in [0.15, 0.2) is 5.69 Å². The number of pyridine rings is 1. The highest BCUT2D eigenvalue weighted by Crippen LogP contribution is 2.31. The predicted molar refractivity (Wildman–Crippen MR) is 98.9 cm³/mol. The van der Waals surface area contributed by atoms with Gasteiger partial charge in [-0.2, -0.15) is 4.57 Å². The minimum Gasteiger partial charge on any atom is -0.198 e. The van der Waals surface area contributed by atoms with Gasteiger partial charge in [0.05, 0.1) is 5.39 Å². The molecule has 0 amide bonds. The summed E-state index contributed by atoms with van der Waals surface area (Å²) in [5.74, 6) is 0.540. The molecule has 0 radical (unpaired) electrons. The molecule has 0 bridgehead atoms. The average Bonchev–Trinajstić information content (AvgIpc) is 2.49. The van der Waals surface area contributed by atoms with Gasteiger partial charge in [-0.1, -0.05) is 43.7 Å². The van der Waals surface area contributed by atoms with Gasteiger partial charge in [0, 0.05) is 18.6 Å². The van der Waals surface area contributed by atoms with E-state index in [1.165, 1.54) is 44.4 Å². The van der Waals surface area contributed by atoms with E-state index in [4.69, 9.17) is 0 Å². The van der Waals surface area contributed by atoms with Crippen molar-refractivity contribution in [2.24, 2.45) is 7.05 Å². The molecule has 23 heavy (non-hydrogen) atoms. The van der Waals surface area contributed by atoms with E-state index in [1.807, 2.05) is 0 Å². The molecular formula is C22H26N+. The zero-order chi connectivity index (χ0) is 16.7. The average molecular weight is 304 g/mol. The second-order valence-electron chi connectivity index (χ2n) is 7.01. The standard InChI is InChI=1S/C22H26N/c1-14(2)18-9-8-16(4)21(13-18)22-20-10-7-15(3)11-19(20)12-17(5)23(22)6/h7-14H,1-6H3/q+1. The van der Waals surface area contributed by atoms with E-state index >= 15 is 0 Å². The van der Waals surface area contributed by atoms with Gasteiger partial charge in [-0.15, -0.1) is 0 Å². The highest BCUT2D eigenvalue weighted by Gasteiger charge is 2.20. The molecule has 0 aliphatic carbocycles. The van der Waals surface area contributed by atoms with Gasteiger partial charge in [-0.25, -0.2) is 0 Å². The summed E-state index contributed by atoms with van der Waals surface area (Å²) in [4.78, 5) is 0. The molecular weight excluding hydrogens is 278 g/mol. The molecule has 0 fully saturated rings. The lowest BCUT2D eigenvalue weighted by molar-refractivity contribution is -0.665. The van der Waals surface area contributed by atoms with Crippen LogP contribution in [-0.4, -0.2) is 0 Å². The molecule has 1 nitrogen and oxygen atoms in total. The summed E-state index contributed by atoms with van der Waals surface area (Å²) < 4.78 is 2.32. The molecule has 0 saturated heterocycles. The lowest BCUT2D eigenvalue weighted by Crippen LogP contribution is -2.35. The third-order valence-corrected chi connectivity index (χ3v) is 4.87. The molecule has 1 heterocycles. The van der Waals surface area contributed by atoms with Crippen molar-refractivity contribution in [1.82, 2.24) is 0 Å². The van der Waals surface area contributed by atoms with Gasteiger partial charge in [0.25, 0.3) is 0 Å². The Kier molecular flexibility index (Phi) is 3.97. The Morgan fingerprint density at radius 2 is 1.61 bits per heavy atom. The summed E-state index contributed by atoms with van der Waals surface area (Å²) in [5, 5.41) is 2.65. The zero-order valence-corrected chi connectivity index (χ0v) is 15.1. The number of aromatic nitrogens is 1. The summed E-state index contributed by atoms with van der Waals surface area (Å²) in [5.41, 5.74) is 7.98. The highest BCUT2D eigenvalue weighted by atomic mass is 14.9. The van der Waals surface area contributed by atoms with E-state index in [1.54, 1.807) is 0 Å². The first-order chi connectivity index (χ1) is 10.9. The number of hydrogen-bond donors (Lipinski definition) is 0. The molecule has 0 saturated carbocycles. The SMILES string of the molecule is Cc1ccc2c(-c3cc(C(C)C)ccc3C)[n+](C)c(C)cc2c1. The van der Waals surface area contributed by atoms with Crippen molar-refractivity contribution >= 4 is 10.8 Å². The minimum atomic E-state index is 0.540. The van der Waals surface area contributed by atoms with Crippen LogP contribution >= 0.6 is 0 Å². The topological polar surface area (TPSA) is 3.88 Å². The quantitative estimate of drug-likeness (QED) is 0.560. The molecule has 0 spiro atoms. The minimum absolute atomic E-state index is 0.540. The summed E-state index contributed by atoms with van der Waals surface area (Å²) in [6, 6.07) is 15.9. The van der Waals surface area contributed by atoms with Crippen molar-refractivity contribution in [3.05, 3.63) is 64.8 Å². The Hall–Kier alpha value is -2.15. The first-order valence-electron chi connectivity index (χ1n) is 8.39. The van der Waals surface area contributed by atoms with Crippen LogP contribution in [-0.2, 0) is 7.05 Å². The first-order valence-corrected chi connectivity index (χ1v) is 8.39. The Balaban J connectivity index is 2.40. The molecule has 3 rings (SSSR count). The Labute approximate surface area is 139 Å². The number of rotatable bonds is 2. The fourth-order valence-electron chi connectivity index (χ4n) is 3.28. The lowest BCUT2D eigenvalue weighted by atomic mass is 9.93. The van der Waals surface area contributed by atoms with Gasteiger partial charge in [0.1, 0.15) is 7.05 Å². The summed E-state index contributed by atoms with van der Waals surface area (Å²) in [6.45, 7) is 11.1. The number of nitrogens with zero attached hydrogens (tertiary/aromatic N) is 1. The third-order valence-electron chi connectivity index (χ3n) is 4.87. The molecule has 0 N–H and O–H groups in total. The van der Waals surface area contributed by atoms with E-state index in [0.717, 1.165) is 0 Å². The molecule has 1 heteroatoms. The van der Waals surface area contributed by atoms with Crippen LogP contribution in [0.1, 0.15) is 42.1 Å². The summed E-state index contributed by atoms with van der Waals surface area (Å²) in [7, 11) is 2.17. The van der Waals surface area contributed by atoms with E-state index < -0.39 is 0 Å². The predicted octanol–water partition coefficient (Wildman–Crippen LogP) is 5.38. The van der Waals surface area contributed by atoms with E-state index in [-0.39, 0.29) is 0 Å². The Morgan fingerprint density at radius 3 is 2.30 bits per heavy atom. The van der Waals surface area contributed by atoms with Gasteiger partial charge in [-0.3, -0.25) is 0 Å². The lowest BCUT2D eigenvalue weighted by Gasteiger charge is -2.13. The number of fused-ring (bicyclic) bond motifs is 1.